The molecule has 0 aliphatic carbocycles. The third kappa shape index (κ3) is 2.61. The molecule has 3 heteroatoms. The summed E-state index contributed by atoms with van der Waals surface area (Å²) in [6.07, 6.45) is 1.69. The van der Waals surface area contributed by atoms with Gasteiger partial charge in [-0.15, -0.1) is 0 Å². The molecule has 0 aliphatic heterocycles. The molecule has 2 aromatic rings. The number of hydrogen-bond acceptors (Lipinski definition) is 2. The molecule has 0 fully saturated rings. The van der Waals surface area contributed by atoms with Crippen LogP contribution in [0, 0.1) is 0 Å². The largest absolute Gasteiger partial charge is 0.506 e. The van der Waals surface area contributed by atoms with Crippen LogP contribution in [0.3, 0.4) is 0 Å². The summed E-state index contributed by atoms with van der Waals surface area (Å²) < 4.78 is 0. The normalized spacial score (nSPS) is 10.8. The first-order valence-electron chi connectivity index (χ1n) is 4.83. The first kappa shape index (κ1) is 10.7. The molecule has 2 aromatic carbocycles. The highest BCUT2D eigenvalue weighted by Gasteiger charge is 1.95. The highest BCUT2D eigenvalue weighted by Crippen LogP contribution is 2.24. The second-order valence-electron chi connectivity index (χ2n) is 3.30. The Labute approximate surface area is 98.8 Å². The first-order valence-corrected chi connectivity index (χ1v) is 5.21. The van der Waals surface area contributed by atoms with E-state index in [-0.39, 0.29) is 5.75 Å². The number of benzene rings is 2. The molecule has 0 saturated carbocycles. The molecule has 0 aliphatic rings. The lowest BCUT2D eigenvalue weighted by Crippen LogP contribution is -1.79. The summed E-state index contributed by atoms with van der Waals surface area (Å²) >= 11 is 5.77. The highest BCUT2D eigenvalue weighted by atomic mass is 35.5. The van der Waals surface area contributed by atoms with Gasteiger partial charge in [-0.25, -0.2) is 0 Å². The fourth-order valence-corrected chi connectivity index (χ4v) is 1.39. The predicted octanol–water partition coefficient (Wildman–Crippen LogP) is 3.80. The Morgan fingerprint density at radius 1 is 1.00 bits per heavy atom. The second kappa shape index (κ2) is 4.81. The number of aromatic hydroxyl groups is 1. The maximum Gasteiger partial charge on any atom is 0.141 e. The van der Waals surface area contributed by atoms with E-state index < -0.39 is 0 Å². The van der Waals surface area contributed by atoms with E-state index in [9.17, 15) is 5.11 Å². The Morgan fingerprint density at radius 2 is 1.69 bits per heavy atom. The molecule has 0 amide bonds. The topological polar surface area (TPSA) is 32.6 Å². The lowest BCUT2D eigenvalue weighted by Gasteiger charge is -1.97. The van der Waals surface area contributed by atoms with Gasteiger partial charge in [-0.1, -0.05) is 35.9 Å². The number of phenolic OH excluding ortho intramolecular Hbond substituents is 1. The van der Waals surface area contributed by atoms with Gasteiger partial charge in [-0.2, -0.15) is 0 Å². The fraction of sp³-hybridized carbons (Fsp3) is 0. The van der Waals surface area contributed by atoms with Crippen LogP contribution >= 0.6 is 11.6 Å². The number of para-hydroxylation sites is 2. The maximum absolute atomic E-state index is 9.50. The maximum atomic E-state index is 9.50. The fourth-order valence-electron chi connectivity index (χ4n) is 1.27. The van der Waals surface area contributed by atoms with Crippen molar-refractivity contribution in [2.45, 2.75) is 0 Å². The molecule has 16 heavy (non-hydrogen) atoms. The zero-order valence-electron chi connectivity index (χ0n) is 8.47. The molecule has 0 bridgehead atoms. The number of phenols is 1. The van der Waals surface area contributed by atoms with E-state index >= 15 is 0 Å². The number of nitrogens with zero attached hydrogens (tertiary/aromatic N) is 1. The van der Waals surface area contributed by atoms with Gasteiger partial charge in [0.25, 0.3) is 0 Å². The van der Waals surface area contributed by atoms with Crippen molar-refractivity contribution >= 4 is 23.5 Å². The molecule has 2 nitrogen and oxygen atoms in total. The smallest absolute Gasteiger partial charge is 0.141 e. The summed E-state index contributed by atoms with van der Waals surface area (Å²) in [7, 11) is 0. The Balaban J connectivity index is 2.21. The van der Waals surface area contributed by atoms with Gasteiger partial charge in [-0.05, 0) is 29.8 Å². The number of hydrogen-bond donors (Lipinski definition) is 1. The summed E-state index contributed by atoms with van der Waals surface area (Å²) in [4.78, 5) is 4.19. The van der Waals surface area contributed by atoms with Crippen LogP contribution in [-0.2, 0) is 0 Å². The summed E-state index contributed by atoms with van der Waals surface area (Å²) in [6.45, 7) is 0. The lowest BCUT2D eigenvalue weighted by molar-refractivity contribution is 0.477. The van der Waals surface area contributed by atoms with Gasteiger partial charge >= 0.3 is 0 Å². The average molecular weight is 232 g/mol. The van der Waals surface area contributed by atoms with E-state index in [0.717, 1.165) is 5.56 Å². The molecule has 0 aromatic heterocycles. The van der Waals surface area contributed by atoms with Crippen molar-refractivity contribution in [3.63, 3.8) is 0 Å². The van der Waals surface area contributed by atoms with E-state index in [4.69, 9.17) is 11.6 Å². The SMILES string of the molecule is Oc1ccccc1N=Cc1ccc(Cl)cc1. The first-order chi connectivity index (χ1) is 7.75. The average Bonchev–Trinajstić information content (AvgIpc) is 2.30. The van der Waals surface area contributed by atoms with Crippen molar-refractivity contribution in [2.24, 2.45) is 4.99 Å². The van der Waals surface area contributed by atoms with Crippen molar-refractivity contribution in [3.8, 4) is 5.75 Å². The van der Waals surface area contributed by atoms with Crippen LogP contribution in [0.25, 0.3) is 0 Å². The number of rotatable bonds is 2. The van der Waals surface area contributed by atoms with Crippen LogP contribution in [0.5, 0.6) is 5.75 Å². The van der Waals surface area contributed by atoms with E-state index in [1.807, 2.05) is 18.2 Å². The van der Waals surface area contributed by atoms with E-state index in [2.05, 4.69) is 4.99 Å². The molecule has 0 unspecified atom stereocenters. The van der Waals surface area contributed by atoms with E-state index in [0.29, 0.717) is 10.7 Å². The Hall–Kier alpha value is -1.80. The third-order valence-electron chi connectivity index (χ3n) is 2.10. The van der Waals surface area contributed by atoms with Gasteiger partial charge in [0.2, 0.25) is 0 Å². The number of aliphatic imine (C=N–C) groups is 1. The van der Waals surface area contributed by atoms with E-state index in [1.54, 1.807) is 36.5 Å². The lowest BCUT2D eigenvalue weighted by atomic mass is 10.2. The highest BCUT2D eigenvalue weighted by molar-refractivity contribution is 6.30. The van der Waals surface area contributed by atoms with Crippen LogP contribution in [0.4, 0.5) is 5.69 Å². The van der Waals surface area contributed by atoms with Gasteiger partial charge in [0.05, 0.1) is 0 Å². The molecule has 80 valence electrons. The molecule has 0 atom stereocenters. The summed E-state index contributed by atoms with van der Waals surface area (Å²) in [5, 5.41) is 10.2. The Bertz CT molecular complexity index is 506. The summed E-state index contributed by atoms with van der Waals surface area (Å²) in [5.74, 6) is 0.174. The second-order valence-corrected chi connectivity index (χ2v) is 3.73. The van der Waals surface area contributed by atoms with Crippen molar-refractivity contribution in [2.75, 3.05) is 0 Å². The molecule has 2 rings (SSSR count). The molecule has 0 heterocycles. The van der Waals surface area contributed by atoms with Gasteiger partial charge < -0.3 is 5.11 Å². The van der Waals surface area contributed by atoms with Gasteiger partial charge in [0, 0.05) is 11.2 Å². The van der Waals surface area contributed by atoms with Crippen LogP contribution in [0.1, 0.15) is 5.56 Å². The zero-order chi connectivity index (χ0) is 11.4. The van der Waals surface area contributed by atoms with E-state index in [1.165, 1.54) is 0 Å². The Kier molecular flexibility index (Phi) is 3.22. The molecule has 1 N–H and O–H groups in total. The van der Waals surface area contributed by atoms with Crippen molar-refractivity contribution in [1.82, 2.24) is 0 Å². The molecule has 0 spiro atoms. The van der Waals surface area contributed by atoms with Gasteiger partial charge in [0.15, 0.2) is 0 Å². The van der Waals surface area contributed by atoms with Gasteiger partial charge in [0.1, 0.15) is 11.4 Å². The van der Waals surface area contributed by atoms with Crippen molar-refractivity contribution in [1.29, 1.82) is 0 Å². The minimum Gasteiger partial charge on any atom is -0.506 e. The van der Waals surface area contributed by atoms with Crippen LogP contribution in [0.2, 0.25) is 5.02 Å². The monoisotopic (exact) mass is 231 g/mol. The molecule has 0 saturated heterocycles. The molecule has 0 radical (unpaired) electrons. The molecular weight excluding hydrogens is 222 g/mol. The van der Waals surface area contributed by atoms with Crippen LogP contribution in [-0.4, -0.2) is 11.3 Å². The number of halogens is 1. The minimum atomic E-state index is 0.174. The predicted molar refractivity (Wildman–Crippen MR) is 66.8 cm³/mol. The summed E-state index contributed by atoms with van der Waals surface area (Å²) in [6, 6.07) is 14.3. The Morgan fingerprint density at radius 3 is 2.38 bits per heavy atom. The standard InChI is InChI=1S/C13H10ClNO/c14-11-7-5-10(6-8-11)9-15-12-3-1-2-4-13(12)16/h1-9,16H. The quantitative estimate of drug-likeness (QED) is 0.784. The zero-order valence-corrected chi connectivity index (χ0v) is 9.22. The third-order valence-corrected chi connectivity index (χ3v) is 2.36. The van der Waals surface area contributed by atoms with Gasteiger partial charge in [-0.3, -0.25) is 4.99 Å². The van der Waals surface area contributed by atoms with Crippen LogP contribution < -0.4 is 0 Å². The van der Waals surface area contributed by atoms with Crippen molar-refractivity contribution in [3.05, 3.63) is 59.1 Å². The minimum absolute atomic E-state index is 0.174. The summed E-state index contributed by atoms with van der Waals surface area (Å²) in [5.41, 5.74) is 1.49. The van der Waals surface area contributed by atoms with Crippen LogP contribution in [0.15, 0.2) is 53.5 Å². The van der Waals surface area contributed by atoms with Crippen molar-refractivity contribution < 1.29 is 5.11 Å². The molecular formula is C13H10ClNO.